The van der Waals surface area contributed by atoms with Crippen molar-refractivity contribution in [3.05, 3.63) is 12.2 Å². The van der Waals surface area contributed by atoms with Crippen LogP contribution in [-0.4, -0.2) is 18.8 Å². The van der Waals surface area contributed by atoms with Crippen molar-refractivity contribution in [3.8, 4) is 0 Å². The Bertz CT molecular complexity index is 199. The highest BCUT2D eigenvalue weighted by atomic mass is 19.4. The molecule has 0 aromatic heterocycles. The van der Waals surface area contributed by atoms with E-state index >= 15 is 0 Å². The molecule has 0 aromatic carbocycles. The highest BCUT2D eigenvalue weighted by molar-refractivity contribution is 4.89. The Kier molecular flexibility index (Phi) is 7.47. The summed E-state index contributed by atoms with van der Waals surface area (Å²) in [7, 11) is 0. The second-order valence-corrected chi connectivity index (χ2v) is 4.30. The summed E-state index contributed by atoms with van der Waals surface area (Å²) in [5.74, 6) is 0. The summed E-state index contributed by atoms with van der Waals surface area (Å²) in [5, 5.41) is 3.16. The molecule has 16 heavy (non-hydrogen) atoms. The monoisotopic (exact) mass is 237 g/mol. The Morgan fingerprint density at radius 3 is 2.38 bits per heavy atom. The molecule has 0 heterocycles. The molecule has 0 aromatic rings. The number of hydrogen-bond acceptors (Lipinski definition) is 1. The summed E-state index contributed by atoms with van der Waals surface area (Å²) in [4.78, 5) is 0. The van der Waals surface area contributed by atoms with Crippen molar-refractivity contribution in [1.29, 1.82) is 0 Å². The molecule has 1 N–H and O–H groups in total. The largest absolute Gasteiger partial charge is 0.389 e. The van der Waals surface area contributed by atoms with E-state index < -0.39 is 12.6 Å². The molecule has 0 bridgehead atoms. The molecule has 0 spiro atoms. The van der Waals surface area contributed by atoms with Crippen molar-refractivity contribution in [2.45, 2.75) is 58.2 Å². The van der Waals surface area contributed by atoms with E-state index in [9.17, 15) is 13.2 Å². The maximum Gasteiger partial charge on any atom is 0.389 e. The van der Waals surface area contributed by atoms with Crippen molar-refractivity contribution in [3.63, 3.8) is 0 Å². The van der Waals surface area contributed by atoms with E-state index in [1.165, 1.54) is 0 Å². The zero-order valence-electron chi connectivity index (χ0n) is 10.2. The van der Waals surface area contributed by atoms with Crippen LogP contribution in [0.5, 0.6) is 0 Å². The standard InChI is InChI=1S/C12H22F3N/c1-4-9-16-11(6-5-10(2)3)7-8-12(13,14)15/h11,16H,2,4-9H2,1,3H3. The zero-order valence-corrected chi connectivity index (χ0v) is 10.2. The molecular formula is C12H22F3N. The predicted molar refractivity (Wildman–Crippen MR) is 61.4 cm³/mol. The van der Waals surface area contributed by atoms with Gasteiger partial charge in [0, 0.05) is 12.5 Å². The average molecular weight is 237 g/mol. The van der Waals surface area contributed by atoms with Crippen LogP contribution in [0.1, 0.15) is 46.0 Å². The topological polar surface area (TPSA) is 12.0 Å². The Labute approximate surface area is 96.1 Å². The van der Waals surface area contributed by atoms with Gasteiger partial charge in [-0.15, -0.1) is 6.58 Å². The molecule has 96 valence electrons. The highest BCUT2D eigenvalue weighted by Crippen LogP contribution is 2.23. The zero-order chi connectivity index (χ0) is 12.6. The summed E-state index contributed by atoms with van der Waals surface area (Å²) in [5.41, 5.74) is 1.02. The van der Waals surface area contributed by atoms with Crippen LogP contribution in [0, 0.1) is 0 Å². The molecule has 1 unspecified atom stereocenters. The Hall–Kier alpha value is -0.510. The first kappa shape index (κ1) is 15.5. The smallest absolute Gasteiger partial charge is 0.314 e. The number of halogens is 3. The second-order valence-electron chi connectivity index (χ2n) is 4.30. The maximum atomic E-state index is 12.1. The van der Waals surface area contributed by atoms with Gasteiger partial charge in [-0.1, -0.05) is 12.5 Å². The van der Waals surface area contributed by atoms with Crippen LogP contribution < -0.4 is 5.32 Å². The summed E-state index contributed by atoms with van der Waals surface area (Å²) in [6, 6.07) is -0.0433. The van der Waals surface area contributed by atoms with Gasteiger partial charge in [-0.3, -0.25) is 0 Å². The van der Waals surface area contributed by atoms with Gasteiger partial charge in [0.1, 0.15) is 0 Å². The van der Waals surface area contributed by atoms with E-state index in [2.05, 4.69) is 11.9 Å². The first-order chi connectivity index (χ1) is 7.35. The first-order valence-electron chi connectivity index (χ1n) is 5.79. The summed E-state index contributed by atoms with van der Waals surface area (Å²) < 4.78 is 36.3. The van der Waals surface area contributed by atoms with Crippen LogP contribution >= 0.6 is 0 Å². The lowest BCUT2D eigenvalue weighted by Gasteiger charge is -2.19. The molecule has 1 atom stereocenters. The third-order valence-electron chi connectivity index (χ3n) is 2.38. The lowest BCUT2D eigenvalue weighted by atomic mass is 10.0. The number of nitrogens with one attached hydrogen (secondary N) is 1. The van der Waals surface area contributed by atoms with Gasteiger partial charge in [-0.2, -0.15) is 13.2 Å². The van der Waals surface area contributed by atoms with Crippen molar-refractivity contribution in [1.82, 2.24) is 5.32 Å². The Morgan fingerprint density at radius 1 is 1.31 bits per heavy atom. The molecule has 0 saturated heterocycles. The van der Waals surface area contributed by atoms with E-state index in [1.807, 2.05) is 13.8 Å². The normalized spacial score (nSPS) is 13.8. The average Bonchev–Trinajstić information content (AvgIpc) is 2.15. The van der Waals surface area contributed by atoms with Gasteiger partial charge in [-0.25, -0.2) is 0 Å². The third-order valence-corrected chi connectivity index (χ3v) is 2.38. The molecule has 0 aliphatic heterocycles. The fourth-order valence-corrected chi connectivity index (χ4v) is 1.46. The van der Waals surface area contributed by atoms with Gasteiger partial charge in [0.2, 0.25) is 0 Å². The van der Waals surface area contributed by atoms with Crippen LogP contribution in [-0.2, 0) is 0 Å². The maximum absolute atomic E-state index is 12.1. The van der Waals surface area contributed by atoms with Crippen molar-refractivity contribution in [2.75, 3.05) is 6.54 Å². The molecule has 0 amide bonds. The number of rotatable bonds is 8. The number of hydrogen-bond donors (Lipinski definition) is 1. The van der Waals surface area contributed by atoms with E-state index in [0.717, 1.165) is 31.4 Å². The van der Waals surface area contributed by atoms with Crippen LogP contribution in [0.15, 0.2) is 12.2 Å². The minimum absolute atomic E-state index is 0.0433. The van der Waals surface area contributed by atoms with Gasteiger partial charge < -0.3 is 5.32 Å². The SMILES string of the molecule is C=C(C)CCC(CCC(F)(F)F)NCCC. The van der Waals surface area contributed by atoms with Gasteiger partial charge >= 0.3 is 6.18 Å². The van der Waals surface area contributed by atoms with E-state index in [-0.39, 0.29) is 12.5 Å². The quantitative estimate of drug-likeness (QED) is 0.628. The van der Waals surface area contributed by atoms with Gasteiger partial charge in [0.15, 0.2) is 0 Å². The number of alkyl halides is 3. The molecule has 0 aliphatic rings. The van der Waals surface area contributed by atoms with Gasteiger partial charge in [0.05, 0.1) is 0 Å². The molecule has 4 heteroatoms. The minimum Gasteiger partial charge on any atom is -0.314 e. The minimum atomic E-state index is -4.05. The van der Waals surface area contributed by atoms with E-state index in [0.29, 0.717) is 0 Å². The summed E-state index contributed by atoms with van der Waals surface area (Å²) in [6.45, 7) is 8.45. The van der Waals surface area contributed by atoms with Crippen LogP contribution in [0.4, 0.5) is 13.2 Å². The van der Waals surface area contributed by atoms with Crippen molar-refractivity contribution in [2.24, 2.45) is 0 Å². The van der Waals surface area contributed by atoms with Crippen molar-refractivity contribution < 1.29 is 13.2 Å². The Morgan fingerprint density at radius 2 is 1.94 bits per heavy atom. The highest BCUT2D eigenvalue weighted by Gasteiger charge is 2.27. The second kappa shape index (κ2) is 7.71. The van der Waals surface area contributed by atoms with E-state index in [1.54, 1.807) is 0 Å². The summed E-state index contributed by atoms with van der Waals surface area (Å²) >= 11 is 0. The third kappa shape index (κ3) is 10.0. The number of allylic oxidation sites excluding steroid dienone is 1. The van der Waals surface area contributed by atoms with E-state index in [4.69, 9.17) is 0 Å². The fourth-order valence-electron chi connectivity index (χ4n) is 1.46. The van der Waals surface area contributed by atoms with Gasteiger partial charge in [0.25, 0.3) is 0 Å². The fraction of sp³-hybridized carbons (Fsp3) is 0.833. The summed E-state index contributed by atoms with van der Waals surface area (Å²) in [6.07, 6.45) is -2.11. The van der Waals surface area contributed by atoms with Gasteiger partial charge in [-0.05, 0) is 39.2 Å². The predicted octanol–water partition coefficient (Wildman–Crippen LogP) is 4.05. The van der Waals surface area contributed by atoms with Crippen molar-refractivity contribution >= 4 is 0 Å². The van der Waals surface area contributed by atoms with Crippen LogP contribution in [0.2, 0.25) is 0 Å². The lowest BCUT2D eigenvalue weighted by Crippen LogP contribution is -2.31. The van der Waals surface area contributed by atoms with Crippen LogP contribution in [0.25, 0.3) is 0 Å². The molecule has 0 saturated carbocycles. The lowest BCUT2D eigenvalue weighted by molar-refractivity contribution is -0.136. The molecular weight excluding hydrogens is 215 g/mol. The molecule has 1 nitrogen and oxygen atoms in total. The Balaban J connectivity index is 3.94. The van der Waals surface area contributed by atoms with Crippen LogP contribution in [0.3, 0.4) is 0 Å². The first-order valence-corrected chi connectivity index (χ1v) is 5.79. The molecule has 0 fully saturated rings. The molecule has 0 radical (unpaired) electrons. The molecule has 0 aliphatic carbocycles. The molecule has 0 rings (SSSR count).